The van der Waals surface area contributed by atoms with Gasteiger partial charge in [0.2, 0.25) is 0 Å². The first-order valence-electron chi connectivity index (χ1n) is 1.23. The molecule has 6 heteroatoms. The molecule has 0 aliphatic carbocycles. The second kappa shape index (κ2) is 3.79. The van der Waals surface area contributed by atoms with Crippen LogP contribution in [0.4, 0.5) is 0 Å². The van der Waals surface area contributed by atoms with Crippen molar-refractivity contribution in [1.29, 1.82) is 5.26 Å². The van der Waals surface area contributed by atoms with Crippen molar-refractivity contribution >= 4 is 24.7 Å². The molecule has 2 radical (unpaired) electrons. The third-order valence-electron chi connectivity index (χ3n) is 0.166. The van der Waals surface area contributed by atoms with E-state index in [-0.39, 0.29) is 0 Å². The predicted molar refractivity (Wildman–Crippen MR) is 19.4 cm³/mol. The van der Waals surface area contributed by atoms with Crippen molar-refractivity contribution in [2.45, 2.75) is 0 Å². The van der Waals surface area contributed by atoms with E-state index in [9.17, 15) is 10.1 Å². The SMILES string of the molecule is N#[C][Pb][O][N+](=O)[O-]. The molecule has 0 aliphatic rings. The van der Waals surface area contributed by atoms with Gasteiger partial charge in [-0.3, -0.25) is 0 Å². The Morgan fingerprint density at radius 2 is 2.57 bits per heavy atom. The Morgan fingerprint density at radius 3 is 2.71 bits per heavy atom. The molecule has 0 aromatic heterocycles. The summed E-state index contributed by atoms with van der Waals surface area (Å²) in [5.41, 5.74) is 0. The number of rotatable bonds is 2. The van der Waals surface area contributed by atoms with Gasteiger partial charge in [-0.2, -0.15) is 0 Å². The maximum atomic E-state index is 9.24. The van der Waals surface area contributed by atoms with Crippen LogP contribution in [0.25, 0.3) is 0 Å². The Hall–Kier alpha value is -0.388. The van der Waals surface area contributed by atoms with Crippen molar-refractivity contribution in [2.24, 2.45) is 0 Å². The van der Waals surface area contributed by atoms with Crippen molar-refractivity contribution in [3.8, 4) is 3.63 Å². The molecule has 7 heavy (non-hydrogen) atoms. The van der Waals surface area contributed by atoms with Crippen LogP contribution in [-0.4, -0.2) is 29.8 Å². The van der Waals surface area contributed by atoms with E-state index in [1.807, 2.05) is 0 Å². The van der Waals surface area contributed by atoms with Gasteiger partial charge >= 0.3 is 51.6 Å². The van der Waals surface area contributed by atoms with E-state index < -0.39 is 29.8 Å². The van der Waals surface area contributed by atoms with Crippen LogP contribution in [0.2, 0.25) is 0 Å². The molecule has 0 saturated carbocycles. The fraction of sp³-hybridized carbons (Fsp3) is 0. The Labute approximate surface area is 51.8 Å². The van der Waals surface area contributed by atoms with Crippen LogP contribution in [0.3, 0.4) is 0 Å². The molecule has 5 nitrogen and oxygen atoms in total. The first-order chi connectivity index (χ1) is 3.27. The summed E-state index contributed by atoms with van der Waals surface area (Å²) in [7, 11) is 0. The van der Waals surface area contributed by atoms with Crippen molar-refractivity contribution in [3.05, 3.63) is 10.1 Å². The van der Waals surface area contributed by atoms with Gasteiger partial charge in [0.1, 0.15) is 0 Å². The van der Waals surface area contributed by atoms with Crippen molar-refractivity contribution in [1.82, 2.24) is 0 Å². The van der Waals surface area contributed by atoms with Gasteiger partial charge in [-0.25, -0.2) is 0 Å². The van der Waals surface area contributed by atoms with Gasteiger partial charge in [-0.05, 0) is 0 Å². The van der Waals surface area contributed by atoms with Gasteiger partial charge in [0.15, 0.2) is 0 Å². The van der Waals surface area contributed by atoms with Crippen molar-refractivity contribution in [2.75, 3.05) is 0 Å². The van der Waals surface area contributed by atoms with E-state index in [0.29, 0.717) is 0 Å². The zero-order chi connectivity index (χ0) is 5.70. The van der Waals surface area contributed by atoms with E-state index in [0.717, 1.165) is 0 Å². The van der Waals surface area contributed by atoms with Crippen LogP contribution in [0.15, 0.2) is 0 Å². The molecule has 0 saturated heterocycles. The summed E-state index contributed by atoms with van der Waals surface area (Å²) in [4.78, 5) is 9.24. The standard InChI is InChI=1S/CN.NO3.Pb/c1-2;2-1(3)4;/q;-1;+1. The molecule has 0 rings (SSSR count). The molecule has 0 amide bonds. The quantitative estimate of drug-likeness (QED) is 0.383. The van der Waals surface area contributed by atoms with E-state index in [1.165, 1.54) is 0 Å². The van der Waals surface area contributed by atoms with Crippen LogP contribution in [0.1, 0.15) is 0 Å². The molecular formula is CN2O3Pb. The van der Waals surface area contributed by atoms with Crippen molar-refractivity contribution < 1.29 is 7.87 Å². The molecule has 0 N–H and O–H groups in total. The summed E-state index contributed by atoms with van der Waals surface area (Å²) in [5, 5.41) is 16.0. The second-order valence-corrected chi connectivity index (χ2v) is 2.90. The van der Waals surface area contributed by atoms with Gasteiger partial charge in [0, 0.05) is 0 Å². The predicted octanol–water partition coefficient (Wildman–Crippen LogP) is -0.705. The van der Waals surface area contributed by atoms with E-state index in [4.69, 9.17) is 5.26 Å². The Bertz CT molecular complexity index is 106. The molecule has 0 bridgehead atoms. The van der Waals surface area contributed by atoms with Crippen LogP contribution in [0, 0.1) is 19.0 Å². The second-order valence-electron chi connectivity index (χ2n) is 0.529. The van der Waals surface area contributed by atoms with Gasteiger partial charge in [-0.1, -0.05) is 0 Å². The van der Waals surface area contributed by atoms with E-state index in [1.54, 1.807) is 3.63 Å². The monoisotopic (exact) mass is 296 g/mol. The van der Waals surface area contributed by atoms with Gasteiger partial charge in [0.25, 0.3) is 0 Å². The zero-order valence-electron chi connectivity index (χ0n) is 3.12. The molecule has 0 fully saturated rings. The molecule has 0 heterocycles. The normalized spacial score (nSPS) is 6.71. The Morgan fingerprint density at radius 1 is 2.00 bits per heavy atom. The fourth-order valence-electron chi connectivity index (χ4n) is 0.0577. The van der Waals surface area contributed by atoms with E-state index in [2.05, 4.69) is 2.79 Å². The maximum absolute atomic E-state index is 9.24. The third kappa shape index (κ3) is 5.61. The van der Waals surface area contributed by atoms with Crippen LogP contribution in [0.5, 0.6) is 0 Å². The average Bonchev–Trinajstić information content (AvgIpc) is 1.61. The summed E-state index contributed by atoms with van der Waals surface area (Å²) in [6.07, 6.45) is 0. The van der Waals surface area contributed by atoms with Gasteiger partial charge in [0.05, 0.1) is 0 Å². The summed E-state index contributed by atoms with van der Waals surface area (Å²) in [6.45, 7) is 0. The molecule has 0 aliphatic heterocycles. The number of nitrogens with zero attached hydrogens (tertiary/aromatic N) is 2. The number of nitriles is 1. The summed E-state index contributed by atoms with van der Waals surface area (Å²) in [6, 6.07) is 0. The minimum absolute atomic E-state index is 0.924. The summed E-state index contributed by atoms with van der Waals surface area (Å²) >= 11 is -1.93. The average molecular weight is 295 g/mol. The van der Waals surface area contributed by atoms with Crippen LogP contribution < -0.4 is 0 Å². The van der Waals surface area contributed by atoms with Gasteiger partial charge < -0.3 is 0 Å². The number of hydrogen-bond acceptors (Lipinski definition) is 4. The topological polar surface area (TPSA) is 76.2 Å². The first kappa shape index (κ1) is 6.61. The Kier molecular flexibility index (Phi) is 3.58. The molecule has 0 atom stereocenters. The zero-order valence-corrected chi connectivity index (χ0v) is 7.01. The summed E-state index contributed by atoms with van der Waals surface area (Å²) in [5.74, 6) is 0. The van der Waals surface area contributed by atoms with Crippen LogP contribution in [-0.2, 0) is 2.79 Å². The third-order valence-corrected chi connectivity index (χ3v) is 1.46. The fourth-order valence-corrected chi connectivity index (χ4v) is 0.506. The molecule has 0 aromatic carbocycles. The molecule has 0 aromatic rings. The van der Waals surface area contributed by atoms with Gasteiger partial charge in [-0.15, -0.1) is 0 Å². The molecule has 36 valence electrons. The number of hydrogen-bond donors (Lipinski definition) is 0. The van der Waals surface area contributed by atoms with Crippen molar-refractivity contribution in [3.63, 3.8) is 0 Å². The van der Waals surface area contributed by atoms with E-state index >= 15 is 0 Å². The summed E-state index contributed by atoms with van der Waals surface area (Å²) < 4.78 is 5.38. The molecular weight excluding hydrogens is 295 g/mol. The molecule has 0 spiro atoms. The first-order valence-corrected chi connectivity index (χ1v) is 4.76. The Balaban J connectivity index is 3.02. The minimum atomic E-state index is -1.93. The van der Waals surface area contributed by atoms with Crippen LogP contribution >= 0.6 is 0 Å². The molecule has 0 unspecified atom stereocenters.